The Morgan fingerprint density at radius 2 is 2.35 bits per heavy atom. The van der Waals surface area contributed by atoms with Crippen molar-refractivity contribution in [3.8, 4) is 0 Å². The summed E-state index contributed by atoms with van der Waals surface area (Å²) in [6.07, 6.45) is 1.67. The quantitative estimate of drug-likeness (QED) is 0.774. The van der Waals surface area contributed by atoms with E-state index in [0.717, 1.165) is 18.5 Å². The normalized spacial score (nSPS) is 12.5. The third-order valence-corrected chi connectivity index (χ3v) is 3.01. The van der Waals surface area contributed by atoms with Crippen LogP contribution < -0.4 is 5.32 Å². The maximum absolute atomic E-state index is 11.8. The van der Waals surface area contributed by atoms with Crippen LogP contribution in [0.25, 0.3) is 0 Å². The SMILES string of the molecule is CCC(CCO)CNC(=O)c1cc(C)n(C)n1. The molecule has 1 rings (SSSR count). The van der Waals surface area contributed by atoms with Crippen LogP contribution in [-0.4, -0.2) is 33.9 Å². The number of carbonyl (C=O) groups is 1. The Morgan fingerprint density at radius 3 is 2.82 bits per heavy atom. The number of carbonyl (C=O) groups excluding carboxylic acids is 1. The second-order valence-electron chi connectivity index (χ2n) is 4.29. The fourth-order valence-electron chi connectivity index (χ4n) is 1.63. The van der Waals surface area contributed by atoms with Crippen LogP contribution in [0.3, 0.4) is 0 Å². The second-order valence-corrected chi connectivity index (χ2v) is 4.29. The Balaban J connectivity index is 2.49. The Kier molecular flexibility index (Phi) is 5.15. The van der Waals surface area contributed by atoms with Crippen LogP contribution in [0, 0.1) is 12.8 Å². The highest BCUT2D eigenvalue weighted by atomic mass is 16.3. The van der Waals surface area contributed by atoms with Gasteiger partial charge in [0, 0.05) is 25.9 Å². The summed E-state index contributed by atoms with van der Waals surface area (Å²) < 4.78 is 1.68. The van der Waals surface area contributed by atoms with E-state index in [9.17, 15) is 4.79 Å². The van der Waals surface area contributed by atoms with Gasteiger partial charge >= 0.3 is 0 Å². The van der Waals surface area contributed by atoms with Crippen molar-refractivity contribution in [3.05, 3.63) is 17.5 Å². The lowest BCUT2D eigenvalue weighted by atomic mass is 10.0. The molecule has 0 aliphatic rings. The molecule has 0 bridgehead atoms. The summed E-state index contributed by atoms with van der Waals surface area (Å²) in [5.74, 6) is 0.179. The van der Waals surface area contributed by atoms with Crippen LogP contribution in [0.2, 0.25) is 0 Å². The molecule has 1 heterocycles. The molecule has 1 atom stereocenters. The van der Waals surface area contributed by atoms with E-state index in [0.29, 0.717) is 18.2 Å². The van der Waals surface area contributed by atoms with Crippen molar-refractivity contribution in [2.24, 2.45) is 13.0 Å². The first-order valence-corrected chi connectivity index (χ1v) is 5.98. The Bertz CT molecular complexity index is 354. The largest absolute Gasteiger partial charge is 0.396 e. The van der Waals surface area contributed by atoms with E-state index in [4.69, 9.17) is 5.11 Å². The summed E-state index contributed by atoms with van der Waals surface area (Å²) in [5, 5.41) is 15.8. The van der Waals surface area contributed by atoms with Gasteiger partial charge < -0.3 is 10.4 Å². The van der Waals surface area contributed by atoms with Crippen LogP contribution in [-0.2, 0) is 7.05 Å². The van der Waals surface area contributed by atoms with Crippen molar-refractivity contribution in [3.63, 3.8) is 0 Å². The Morgan fingerprint density at radius 1 is 1.65 bits per heavy atom. The molecule has 1 aromatic heterocycles. The van der Waals surface area contributed by atoms with E-state index in [-0.39, 0.29) is 12.5 Å². The highest BCUT2D eigenvalue weighted by molar-refractivity contribution is 5.92. The number of nitrogens with zero attached hydrogens (tertiary/aromatic N) is 2. The first kappa shape index (κ1) is 13.7. The number of aliphatic hydroxyl groups excluding tert-OH is 1. The fraction of sp³-hybridized carbons (Fsp3) is 0.667. The summed E-state index contributed by atoms with van der Waals surface area (Å²) in [6, 6.07) is 1.77. The number of hydrogen-bond donors (Lipinski definition) is 2. The lowest BCUT2D eigenvalue weighted by Crippen LogP contribution is -2.29. The molecule has 0 saturated carbocycles. The molecule has 1 aromatic rings. The minimum Gasteiger partial charge on any atom is -0.396 e. The summed E-state index contributed by atoms with van der Waals surface area (Å²) in [7, 11) is 1.81. The molecule has 96 valence electrons. The maximum Gasteiger partial charge on any atom is 0.271 e. The molecule has 0 fully saturated rings. The number of amides is 1. The van der Waals surface area contributed by atoms with Crippen LogP contribution in [0.5, 0.6) is 0 Å². The lowest BCUT2D eigenvalue weighted by Gasteiger charge is -2.13. The van der Waals surface area contributed by atoms with E-state index in [1.54, 1.807) is 10.7 Å². The minimum absolute atomic E-state index is 0.148. The number of rotatable bonds is 6. The highest BCUT2D eigenvalue weighted by Crippen LogP contribution is 2.06. The molecule has 5 nitrogen and oxygen atoms in total. The molecule has 0 aliphatic carbocycles. The molecule has 17 heavy (non-hydrogen) atoms. The molecular weight excluding hydrogens is 218 g/mol. The first-order chi connectivity index (χ1) is 8.08. The summed E-state index contributed by atoms with van der Waals surface area (Å²) in [4.78, 5) is 11.8. The number of aromatic nitrogens is 2. The molecule has 1 unspecified atom stereocenters. The number of aryl methyl sites for hydroxylation is 2. The van der Waals surface area contributed by atoms with E-state index < -0.39 is 0 Å². The zero-order valence-corrected chi connectivity index (χ0v) is 10.7. The van der Waals surface area contributed by atoms with E-state index in [2.05, 4.69) is 17.3 Å². The molecule has 0 aromatic carbocycles. The third-order valence-electron chi connectivity index (χ3n) is 3.01. The zero-order valence-electron chi connectivity index (χ0n) is 10.7. The molecule has 2 N–H and O–H groups in total. The third kappa shape index (κ3) is 3.85. The van der Waals surface area contributed by atoms with Gasteiger partial charge in [-0.05, 0) is 25.3 Å². The standard InChI is InChI=1S/C12H21N3O2/c1-4-10(5-6-16)8-13-12(17)11-7-9(2)15(3)14-11/h7,10,16H,4-6,8H2,1-3H3,(H,13,17). The number of nitrogens with one attached hydrogen (secondary N) is 1. The predicted octanol–water partition coefficient (Wildman–Crippen LogP) is 0.867. The Labute approximate surface area is 102 Å². The Hall–Kier alpha value is -1.36. The van der Waals surface area contributed by atoms with E-state index >= 15 is 0 Å². The van der Waals surface area contributed by atoms with Gasteiger partial charge in [0.2, 0.25) is 0 Å². The number of hydrogen-bond acceptors (Lipinski definition) is 3. The molecule has 0 radical (unpaired) electrons. The van der Waals surface area contributed by atoms with Gasteiger partial charge in [0.05, 0.1) is 0 Å². The van der Waals surface area contributed by atoms with Crippen molar-refractivity contribution in [1.82, 2.24) is 15.1 Å². The van der Waals surface area contributed by atoms with Crippen molar-refractivity contribution in [1.29, 1.82) is 0 Å². The topological polar surface area (TPSA) is 67.2 Å². The molecule has 0 saturated heterocycles. The fourth-order valence-corrected chi connectivity index (χ4v) is 1.63. The second kappa shape index (κ2) is 6.39. The number of aliphatic hydroxyl groups is 1. The minimum atomic E-state index is -0.148. The molecule has 0 spiro atoms. The average molecular weight is 239 g/mol. The molecular formula is C12H21N3O2. The van der Waals surface area contributed by atoms with Crippen molar-refractivity contribution >= 4 is 5.91 Å². The van der Waals surface area contributed by atoms with Crippen molar-refractivity contribution < 1.29 is 9.90 Å². The van der Waals surface area contributed by atoms with Gasteiger partial charge in [-0.1, -0.05) is 13.3 Å². The van der Waals surface area contributed by atoms with Gasteiger partial charge in [0.15, 0.2) is 0 Å². The van der Waals surface area contributed by atoms with Crippen LogP contribution in [0.4, 0.5) is 0 Å². The van der Waals surface area contributed by atoms with Crippen LogP contribution in [0.15, 0.2) is 6.07 Å². The van der Waals surface area contributed by atoms with Gasteiger partial charge in [-0.3, -0.25) is 9.48 Å². The van der Waals surface area contributed by atoms with Gasteiger partial charge in [-0.2, -0.15) is 5.10 Å². The van der Waals surface area contributed by atoms with Gasteiger partial charge in [0.25, 0.3) is 5.91 Å². The summed E-state index contributed by atoms with van der Waals surface area (Å²) in [5.41, 5.74) is 1.40. The molecule has 1 amide bonds. The van der Waals surface area contributed by atoms with Crippen LogP contribution in [0.1, 0.15) is 35.9 Å². The van der Waals surface area contributed by atoms with Crippen LogP contribution >= 0.6 is 0 Å². The monoisotopic (exact) mass is 239 g/mol. The van der Waals surface area contributed by atoms with Crippen molar-refractivity contribution in [2.75, 3.05) is 13.2 Å². The average Bonchev–Trinajstić information content (AvgIpc) is 2.64. The van der Waals surface area contributed by atoms with Gasteiger partial charge in [-0.25, -0.2) is 0 Å². The van der Waals surface area contributed by atoms with Gasteiger partial charge in [-0.15, -0.1) is 0 Å². The first-order valence-electron chi connectivity index (χ1n) is 5.98. The maximum atomic E-state index is 11.8. The highest BCUT2D eigenvalue weighted by Gasteiger charge is 2.12. The summed E-state index contributed by atoms with van der Waals surface area (Å²) >= 11 is 0. The van der Waals surface area contributed by atoms with Gasteiger partial charge in [0.1, 0.15) is 5.69 Å². The zero-order chi connectivity index (χ0) is 12.8. The smallest absolute Gasteiger partial charge is 0.271 e. The van der Waals surface area contributed by atoms with E-state index in [1.807, 2.05) is 14.0 Å². The predicted molar refractivity (Wildman–Crippen MR) is 65.8 cm³/mol. The van der Waals surface area contributed by atoms with E-state index in [1.165, 1.54) is 0 Å². The molecule has 0 aliphatic heterocycles. The van der Waals surface area contributed by atoms with Crippen molar-refractivity contribution in [2.45, 2.75) is 26.7 Å². The molecule has 5 heteroatoms. The lowest BCUT2D eigenvalue weighted by molar-refractivity contribution is 0.0938. The summed E-state index contributed by atoms with van der Waals surface area (Å²) in [6.45, 7) is 4.71.